The van der Waals surface area contributed by atoms with Crippen molar-refractivity contribution in [3.8, 4) is 5.88 Å². The van der Waals surface area contributed by atoms with E-state index >= 15 is 0 Å². The van der Waals surface area contributed by atoms with Crippen LogP contribution in [0.3, 0.4) is 0 Å². The topological polar surface area (TPSA) is 50.3 Å². The number of piperazine rings is 1. The third-order valence-corrected chi connectivity index (χ3v) is 3.86. The first-order valence-electron chi connectivity index (χ1n) is 7.80. The van der Waals surface area contributed by atoms with Crippen LogP contribution in [0.5, 0.6) is 5.88 Å². The molecule has 1 saturated heterocycles. The molecule has 0 amide bonds. The number of ether oxygens (including phenoxy) is 1. The summed E-state index contributed by atoms with van der Waals surface area (Å²) >= 11 is 0. The fourth-order valence-electron chi connectivity index (χ4n) is 2.82. The van der Waals surface area contributed by atoms with Crippen LogP contribution in [0.15, 0.2) is 42.7 Å². The summed E-state index contributed by atoms with van der Waals surface area (Å²) < 4.78 is 5.50. The molecule has 1 atom stereocenters. The van der Waals surface area contributed by atoms with E-state index in [0.29, 0.717) is 18.5 Å². The molecule has 1 fully saturated rings. The predicted molar refractivity (Wildman–Crippen MR) is 85.7 cm³/mol. The summed E-state index contributed by atoms with van der Waals surface area (Å²) in [4.78, 5) is 11.3. The Morgan fingerprint density at radius 2 is 2.27 bits per heavy atom. The molecule has 0 aromatic carbocycles. The molecule has 0 spiro atoms. The summed E-state index contributed by atoms with van der Waals surface area (Å²) in [5.74, 6) is 0.702. The molecule has 0 saturated carbocycles. The van der Waals surface area contributed by atoms with Crippen molar-refractivity contribution in [2.75, 3.05) is 26.2 Å². The smallest absolute Gasteiger partial charge is 0.213 e. The zero-order chi connectivity index (χ0) is 15.2. The molecule has 1 unspecified atom stereocenters. The molecule has 0 aliphatic carbocycles. The van der Waals surface area contributed by atoms with Gasteiger partial charge in [-0.25, -0.2) is 4.98 Å². The van der Waals surface area contributed by atoms with Gasteiger partial charge in [0.15, 0.2) is 0 Å². The Kier molecular flexibility index (Phi) is 4.98. The van der Waals surface area contributed by atoms with Gasteiger partial charge in [0, 0.05) is 50.7 Å². The lowest BCUT2D eigenvalue weighted by Crippen LogP contribution is -2.45. The third-order valence-electron chi connectivity index (χ3n) is 3.86. The number of hydrogen-bond acceptors (Lipinski definition) is 5. The van der Waals surface area contributed by atoms with E-state index in [1.54, 1.807) is 0 Å². The molecule has 22 heavy (non-hydrogen) atoms. The lowest BCUT2D eigenvalue weighted by atomic mass is 10.1. The second kappa shape index (κ2) is 7.33. The molecular weight excluding hydrogens is 276 g/mol. The predicted octanol–water partition coefficient (Wildman–Crippen LogP) is 2.02. The van der Waals surface area contributed by atoms with Gasteiger partial charge >= 0.3 is 0 Å². The highest BCUT2D eigenvalue weighted by Gasteiger charge is 2.24. The van der Waals surface area contributed by atoms with Gasteiger partial charge in [0.2, 0.25) is 5.88 Å². The average molecular weight is 298 g/mol. The van der Waals surface area contributed by atoms with Gasteiger partial charge in [-0.15, -0.1) is 0 Å². The zero-order valence-corrected chi connectivity index (χ0v) is 12.9. The van der Waals surface area contributed by atoms with Crippen LogP contribution >= 0.6 is 0 Å². The van der Waals surface area contributed by atoms with Crippen molar-refractivity contribution in [1.29, 1.82) is 0 Å². The maximum Gasteiger partial charge on any atom is 0.213 e. The highest BCUT2D eigenvalue weighted by molar-refractivity contribution is 5.18. The number of nitrogens with one attached hydrogen (secondary N) is 1. The van der Waals surface area contributed by atoms with E-state index in [1.807, 2.05) is 37.5 Å². The second-order valence-electron chi connectivity index (χ2n) is 5.38. The molecule has 116 valence electrons. The number of nitrogens with zero attached hydrogens (tertiary/aromatic N) is 3. The van der Waals surface area contributed by atoms with Gasteiger partial charge in [0.1, 0.15) is 0 Å². The molecule has 5 heteroatoms. The molecule has 0 radical (unpaired) electrons. The van der Waals surface area contributed by atoms with Gasteiger partial charge in [-0.2, -0.15) is 0 Å². The quantitative estimate of drug-likeness (QED) is 0.915. The minimum Gasteiger partial charge on any atom is -0.478 e. The highest BCUT2D eigenvalue weighted by atomic mass is 16.5. The maximum absolute atomic E-state index is 5.50. The van der Waals surface area contributed by atoms with Crippen LogP contribution in [0.4, 0.5) is 0 Å². The van der Waals surface area contributed by atoms with Gasteiger partial charge in [0.05, 0.1) is 12.3 Å². The first-order chi connectivity index (χ1) is 10.9. The molecule has 3 heterocycles. The van der Waals surface area contributed by atoms with Crippen molar-refractivity contribution >= 4 is 0 Å². The molecule has 3 rings (SSSR count). The lowest BCUT2D eigenvalue weighted by Gasteiger charge is -2.36. The van der Waals surface area contributed by atoms with Gasteiger partial charge in [-0.1, -0.05) is 12.1 Å². The Bertz CT molecular complexity index is 590. The minimum atomic E-state index is 0.333. The fourth-order valence-corrected chi connectivity index (χ4v) is 2.82. The number of hydrogen-bond donors (Lipinski definition) is 1. The summed E-state index contributed by atoms with van der Waals surface area (Å²) in [6, 6.07) is 10.4. The van der Waals surface area contributed by atoms with Crippen LogP contribution in [0.25, 0.3) is 0 Å². The summed E-state index contributed by atoms with van der Waals surface area (Å²) in [5.41, 5.74) is 2.29. The maximum atomic E-state index is 5.50. The van der Waals surface area contributed by atoms with Crippen LogP contribution in [-0.2, 0) is 6.54 Å². The normalized spacial score (nSPS) is 19.0. The van der Waals surface area contributed by atoms with Crippen molar-refractivity contribution in [2.45, 2.75) is 19.5 Å². The van der Waals surface area contributed by atoms with E-state index in [1.165, 1.54) is 5.56 Å². The number of aromatic nitrogens is 2. The lowest BCUT2D eigenvalue weighted by molar-refractivity contribution is 0.151. The van der Waals surface area contributed by atoms with Crippen molar-refractivity contribution in [2.24, 2.45) is 0 Å². The van der Waals surface area contributed by atoms with Crippen LogP contribution in [0.1, 0.15) is 24.2 Å². The monoisotopic (exact) mass is 298 g/mol. The van der Waals surface area contributed by atoms with Crippen molar-refractivity contribution in [1.82, 2.24) is 20.2 Å². The van der Waals surface area contributed by atoms with Gasteiger partial charge in [0.25, 0.3) is 0 Å². The van der Waals surface area contributed by atoms with Crippen LogP contribution in [-0.4, -0.2) is 41.1 Å². The van der Waals surface area contributed by atoms with E-state index in [4.69, 9.17) is 4.74 Å². The van der Waals surface area contributed by atoms with E-state index in [-0.39, 0.29) is 0 Å². The number of rotatable bonds is 5. The molecule has 2 aromatic heterocycles. The molecular formula is C17H22N4O. The third kappa shape index (κ3) is 3.61. The zero-order valence-electron chi connectivity index (χ0n) is 12.9. The first kappa shape index (κ1) is 14.9. The Hall–Kier alpha value is -1.98. The minimum absolute atomic E-state index is 0.333. The van der Waals surface area contributed by atoms with Gasteiger partial charge < -0.3 is 10.1 Å². The van der Waals surface area contributed by atoms with Crippen LogP contribution < -0.4 is 10.1 Å². The molecule has 0 bridgehead atoms. The fraction of sp³-hybridized carbons (Fsp3) is 0.412. The van der Waals surface area contributed by atoms with Gasteiger partial charge in [-0.3, -0.25) is 9.88 Å². The molecule has 5 nitrogen and oxygen atoms in total. The summed E-state index contributed by atoms with van der Waals surface area (Å²) in [6.45, 7) is 6.38. The Morgan fingerprint density at radius 1 is 1.32 bits per heavy atom. The Morgan fingerprint density at radius 3 is 3.09 bits per heavy atom. The Balaban J connectivity index is 1.75. The highest BCUT2D eigenvalue weighted by Crippen LogP contribution is 2.23. The molecule has 1 N–H and O–H groups in total. The SMILES string of the molecule is CCOc1cccc(CN2CCNCC2c2cccnc2)n1. The van der Waals surface area contributed by atoms with Crippen molar-refractivity contribution in [3.63, 3.8) is 0 Å². The van der Waals surface area contributed by atoms with E-state index in [0.717, 1.165) is 31.9 Å². The molecule has 1 aliphatic heterocycles. The van der Waals surface area contributed by atoms with Crippen LogP contribution in [0, 0.1) is 0 Å². The average Bonchev–Trinajstić information content (AvgIpc) is 2.57. The van der Waals surface area contributed by atoms with E-state index < -0.39 is 0 Å². The summed E-state index contributed by atoms with van der Waals surface area (Å²) in [6.07, 6.45) is 3.77. The van der Waals surface area contributed by atoms with Crippen LogP contribution in [0.2, 0.25) is 0 Å². The number of pyridine rings is 2. The molecule has 1 aliphatic rings. The van der Waals surface area contributed by atoms with Gasteiger partial charge in [-0.05, 0) is 24.6 Å². The van der Waals surface area contributed by atoms with Crippen molar-refractivity contribution < 1.29 is 4.74 Å². The summed E-state index contributed by atoms with van der Waals surface area (Å²) in [7, 11) is 0. The van der Waals surface area contributed by atoms with E-state index in [2.05, 4.69) is 32.3 Å². The largest absolute Gasteiger partial charge is 0.478 e. The van der Waals surface area contributed by atoms with E-state index in [9.17, 15) is 0 Å². The second-order valence-corrected chi connectivity index (χ2v) is 5.38. The Labute approximate surface area is 131 Å². The first-order valence-corrected chi connectivity index (χ1v) is 7.80. The molecule has 2 aromatic rings. The van der Waals surface area contributed by atoms with Crippen molar-refractivity contribution in [3.05, 3.63) is 54.0 Å². The summed E-state index contributed by atoms with van der Waals surface area (Å²) in [5, 5.41) is 3.47. The standard InChI is InChI=1S/C17H22N4O/c1-2-22-17-7-3-6-15(20-17)13-21-10-9-19-12-16(21)14-5-4-8-18-11-14/h3-8,11,16,19H,2,9-10,12-13H2,1H3.